The fraction of sp³-hybridized carbons (Fsp3) is 0.190. The van der Waals surface area contributed by atoms with Crippen molar-refractivity contribution in [2.75, 3.05) is 12.4 Å². The van der Waals surface area contributed by atoms with E-state index in [1.165, 1.54) is 7.11 Å². The smallest absolute Gasteiger partial charge is 0.337 e. The summed E-state index contributed by atoms with van der Waals surface area (Å²) in [7, 11) is 1.30. The first kappa shape index (κ1) is 18.4. The minimum absolute atomic E-state index is 0.156. The van der Waals surface area contributed by atoms with Crippen LogP contribution in [0.25, 0.3) is 10.9 Å². The Morgan fingerprint density at radius 1 is 1.11 bits per heavy atom. The van der Waals surface area contributed by atoms with E-state index in [2.05, 4.69) is 15.0 Å². The number of anilines is 1. The lowest BCUT2D eigenvalue weighted by atomic mass is 10.1. The molecule has 0 atom stereocenters. The number of hydrogen-bond acceptors (Lipinski definition) is 4. The highest BCUT2D eigenvalue weighted by atomic mass is 16.5. The Labute approximate surface area is 156 Å². The van der Waals surface area contributed by atoms with Gasteiger partial charge in [-0.05, 0) is 48.6 Å². The summed E-state index contributed by atoms with van der Waals surface area (Å²) >= 11 is 0. The van der Waals surface area contributed by atoms with Crippen LogP contribution < -0.4 is 10.9 Å². The van der Waals surface area contributed by atoms with Crippen LogP contribution in [-0.2, 0) is 16.0 Å². The quantitative estimate of drug-likeness (QED) is 0.681. The van der Waals surface area contributed by atoms with Crippen molar-refractivity contribution in [1.29, 1.82) is 0 Å². The van der Waals surface area contributed by atoms with Crippen LogP contribution in [0.1, 0.15) is 27.9 Å². The van der Waals surface area contributed by atoms with Gasteiger partial charge in [0.15, 0.2) is 0 Å². The Balaban J connectivity index is 1.69. The molecule has 0 spiro atoms. The lowest BCUT2D eigenvalue weighted by molar-refractivity contribution is -0.116. The number of nitrogens with one attached hydrogen (secondary N) is 2. The fourth-order valence-corrected chi connectivity index (χ4v) is 2.93. The van der Waals surface area contributed by atoms with Crippen molar-refractivity contribution in [2.45, 2.75) is 19.8 Å². The molecule has 0 unspecified atom stereocenters. The summed E-state index contributed by atoms with van der Waals surface area (Å²) < 4.78 is 4.67. The Hall–Kier alpha value is -3.41. The van der Waals surface area contributed by atoms with Crippen LogP contribution in [0.2, 0.25) is 0 Å². The molecule has 0 aliphatic rings. The van der Waals surface area contributed by atoms with E-state index in [1.807, 2.05) is 31.2 Å². The van der Waals surface area contributed by atoms with Crippen LogP contribution in [0, 0.1) is 6.92 Å². The van der Waals surface area contributed by atoms with Gasteiger partial charge in [0.25, 0.3) is 5.56 Å². The first-order valence-corrected chi connectivity index (χ1v) is 8.57. The molecule has 1 aromatic heterocycles. The summed E-state index contributed by atoms with van der Waals surface area (Å²) in [5.41, 5.74) is 3.06. The number of pyridine rings is 1. The molecule has 2 aromatic carbocycles. The van der Waals surface area contributed by atoms with Gasteiger partial charge in [-0.15, -0.1) is 0 Å². The van der Waals surface area contributed by atoms with E-state index >= 15 is 0 Å². The second kappa shape index (κ2) is 7.86. The molecule has 138 valence electrons. The van der Waals surface area contributed by atoms with Crippen molar-refractivity contribution in [3.8, 4) is 0 Å². The van der Waals surface area contributed by atoms with Crippen molar-refractivity contribution < 1.29 is 14.3 Å². The second-order valence-corrected chi connectivity index (χ2v) is 6.28. The van der Waals surface area contributed by atoms with Crippen molar-refractivity contribution >= 4 is 28.5 Å². The molecule has 0 radical (unpaired) electrons. The summed E-state index contributed by atoms with van der Waals surface area (Å²) in [6.45, 7) is 1.94. The average molecular weight is 364 g/mol. The number of benzene rings is 2. The maximum absolute atomic E-state index is 12.3. The van der Waals surface area contributed by atoms with Crippen molar-refractivity contribution in [2.24, 2.45) is 0 Å². The third-order valence-corrected chi connectivity index (χ3v) is 4.35. The SMILES string of the molecule is COC(=O)c1cccc(NC(=O)CCc2cc3cccc(C)c3[nH]c2=O)c1. The molecule has 6 heteroatoms. The summed E-state index contributed by atoms with van der Waals surface area (Å²) in [4.78, 5) is 38.9. The monoisotopic (exact) mass is 364 g/mol. The van der Waals surface area contributed by atoms with Crippen LogP contribution in [-0.4, -0.2) is 24.0 Å². The van der Waals surface area contributed by atoms with Gasteiger partial charge in [0.1, 0.15) is 0 Å². The minimum Gasteiger partial charge on any atom is -0.465 e. The van der Waals surface area contributed by atoms with Gasteiger partial charge in [-0.25, -0.2) is 4.79 Å². The molecule has 6 nitrogen and oxygen atoms in total. The average Bonchev–Trinajstić information content (AvgIpc) is 2.66. The van der Waals surface area contributed by atoms with E-state index in [9.17, 15) is 14.4 Å². The summed E-state index contributed by atoms with van der Waals surface area (Å²) in [6, 6.07) is 14.1. The predicted molar refractivity (Wildman–Crippen MR) is 104 cm³/mol. The van der Waals surface area contributed by atoms with E-state index in [1.54, 1.807) is 24.3 Å². The molecule has 0 saturated carbocycles. The van der Waals surface area contributed by atoms with Crippen LogP contribution in [0.5, 0.6) is 0 Å². The number of carbonyl (C=O) groups is 2. The molecular formula is C21H20N2O4. The Kier molecular flexibility index (Phi) is 5.35. The number of H-pyrrole nitrogens is 1. The summed E-state index contributed by atoms with van der Waals surface area (Å²) in [5.74, 6) is -0.704. The maximum Gasteiger partial charge on any atom is 0.337 e. The third kappa shape index (κ3) is 4.23. The zero-order chi connectivity index (χ0) is 19.4. The molecule has 3 rings (SSSR count). The molecule has 1 heterocycles. The van der Waals surface area contributed by atoms with Crippen molar-refractivity contribution in [1.82, 2.24) is 4.98 Å². The number of carbonyl (C=O) groups excluding carboxylic acids is 2. The molecule has 0 aliphatic heterocycles. The number of rotatable bonds is 5. The van der Waals surface area contributed by atoms with Gasteiger partial charge < -0.3 is 15.0 Å². The summed E-state index contributed by atoms with van der Waals surface area (Å²) in [5, 5.41) is 3.68. The number of aromatic nitrogens is 1. The minimum atomic E-state index is -0.468. The van der Waals surface area contributed by atoms with Gasteiger partial charge >= 0.3 is 5.97 Å². The predicted octanol–water partition coefficient (Wildman–Crippen LogP) is 3.19. The third-order valence-electron chi connectivity index (χ3n) is 4.35. The first-order valence-electron chi connectivity index (χ1n) is 8.57. The molecule has 0 aliphatic carbocycles. The van der Waals surface area contributed by atoms with Gasteiger partial charge in [0, 0.05) is 17.7 Å². The van der Waals surface area contributed by atoms with Gasteiger partial charge in [-0.3, -0.25) is 9.59 Å². The lowest BCUT2D eigenvalue weighted by Crippen LogP contribution is -2.17. The highest BCUT2D eigenvalue weighted by Crippen LogP contribution is 2.16. The number of aromatic amines is 1. The van der Waals surface area contributed by atoms with Crippen LogP contribution in [0.4, 0.5) is 5.69 Å². The van der Waals surface area contributed by atoms with Crippen molar-refractivity contribution in [3.63, 3.8) is 0 Å². The zero-order valence-electron chi connectivity index (χ0n) is 15.2. The molecule has 1 amide bonds. The van der Waals surface area contributed by atoms with Crippen LogP contribution in [0.15, 0.2) is 53.3 Å². The molecule has 2 N–H and O–H groups in total. The Bertz CT molecular complexity index is 1070. The highest BCUT2D eigenvalue weighted by Gasteiger charge is 2.10. The fourth-order valence-electron chi connectivity index (χ4n) is 2.93. The normalized spacial score (nSPS) is 10.6. The number of amides is 1. The van der Waals surface area contributed by atoms with Gasteiger partial charge in [0.2, 0.25) is 5.91 Å². The molecule has 0 saturated heterocycles. The number of methoxy groups -OCH3 is 1. The highest BCUT2D eigenvalue weighted by molar-refractivity contribution is 5.94. The molecular weight excluding hydrogens is 344 g/mol. The number of esters is 1. The van der Waals surface area contributed by atoms with E-state index in [-0.39, 0.29) is 17.9 Å². The molecule has 27 heavy (non-hydrogen) atoms. The number of fused-ring (bicyclic) bond motifs is 1. The molecule has 0 bridgehead atoms. The standard InChI is InChI=1S/C21H20N2O4/c1-13-5-3-6-14-11-15(20(25)23-19(13)14)9-10-18(24)22-17-8-4-7-16(12-17)21(26)27-2/h3-8,11-12H,9-10H2,1-2H3,(H,22,24)(H,23,25). The number of ether oxygens (including phenoxy) is 1. The van der Waals surface area contributed by atoms with E-state index in [0.29, 0.717) is 23.2 Å². The van der Waals surface area contributed by atoms with E-state index < -0.39 is 5.97 Å². The number of aryl methyl sites for hydroxylation is 2. The van der Waals surface area contributed by atoms with E-state index in [4.69, 9.17) is 0 Å². The Morgan fingerprint density at radius 3 is 2.67 bits per heavy atom. The Morgan fingerprint density at radius 2 is 1.89 bits per heavy atom. The van der Waals surface area contributed by atoms with Crippen molar-refractivity contribution in [3.05, 3.63) is 75.6 Å². The molecule has 0 fully saturated rings. The second-order valence-electron chi connectivity index (χ2n) is 6.28. The van der Waals surface area contributed by atoms with Gasteiger partial charge in [0.05, 0.1) is 18.2 Å². The van der Waals surface area contributed by atoms with Gasteiger partial charge in [-0.2, -0.15) is 0 Å². The first-order chi connectivity index (χ1) is 13.0. The maximum atomic E-state index is 12.3. The summed E-state index contributed by atoms with van der Waals surface area (Å²) in [6.07, 6.45) is 0.477. The lowest BCUT2D eigenvalue weighted by Gasteiger charge is -2.08. The number of para-hydroxylation sites is 1. The van der Waals surface area contributed by atoms with Crippen LogP contribution >= 0.6 is 0 Å². The largest absolute Gasteiger partial charge is 0.465 e. The zero-order valence-corrected chi connectivity index (χ0v) is 15.2. The van der Waals surface area contributed by atoms with Crippen LogP contribution in [0.3, 0.4) is 0 Å². The molecule has 3 aromatic rings. The topological polar surface area (TPSA) is 88.3 Å². The van der Waals surface area contributed by atoms with Gasteiger partial charge in [-0.1, -0.05) is 24.3 Å². The number of hydrogen-bond donors (Lipinski definition) is 2. The van der Waals surface area contributed by atoms with E-state index in [0.717, 1.165) is 16.5 Å².